The molecule has 0 saturated heterocycles. The molecule has 0 aliphatic carbocycles. The van der Waals surface area contributed by atoms with Crippen LogP contribution < -0.4 is 15.8 Å². The average Bonchev–Trinajstić information content (AvgIpc) is 2.85. The molecule has 0 aliphatic heterocycles. The molecule has 2 aromatic carbocycles. The van der Waals surface area contributed by atoms with Crippen molar-refractivity contribution >= 4 is 23.3 Å². The zero-order valence-electron chi connectivity index (χ0n) is 19.2. The van der Waals surface area contributed by atoms with Gasteiger partial charge in [-0.05, 0) is 36.4 Å². The van der Waals surface area contributed by atoms with Crippen LogP contribution in [-0.2, 0) is 9.53 Å². The van der Waals surface area contributed by atoms with Gasteiger partial charge in [0, 0.05) is 38.9 Å². The van der Waals surface area contributed by atoms with E-state index in [9.17, 15) is 4.79 Å². The number of nitrogens with two attached hydrogens (primary N) is 1. The number of hydrogen-bond donors (Lipinski definition) is 3. The Hall–Kier alpha value is -4.24. The second-order valence-corrected chi connectivity index (χ2v) is 7.34. The molecular weight excluding hydrogens is 432 g/mol. The van der Waals surface area contributed by atoms with Gasteiger partial charge in [0.05, 0.1) is 17.9 Å². The van der Waals surface area contributed by atoms with Gasteiger partial charge in [-0.25, -0.2) is 9.97 Å². The van der Waals surface area contributed by atoms with E-state index >= 15 is 0 Å². The van der Waals surface area contributed by atoms with E-state index in [2.05, 4.69) is 15.3 Å². The number of likely N-dealkylation sites (N-methyl/N-ethyl adjacent to an activating group) is 1. The van der Waals surface area contributed by atoms with Gasteiger partial charge >= 0.3 is 0 Å². The largest absolute Gasteiger partial charge is 0.457 e. The summed E-state index contributed by atoms with van der Waals surface area (Å²) < 4.78 is 10.7. The first-order valence-electron chi connectivity index (χ1n) is 10.7. The Morgan fingerprint density at radius 3 is 2.53 bits per heavy atom. The third-order valence-corrected chi connectivity index (χ3v) is 4.89. The van der Waals surface area contributed by atoms with Crippen molar-refractivity contribution in [3.63, 3.8) is 0 Å². The first-order chi connectivity index (χ1) is 16.5. The molecule has 0 bridgehead atoms. The van der Waals surface area contributed by atoms with Crippen molar-refractivity contribution in [2.24, 2.45) is 0 Å². The average molecular weight is 461 g/mol. The first-order valence-corrected chi connectivity index (χ1v) is 10.7. The normalized spacial score (nSPS) is 10.8. The lowest BCUT2D eigenvalue weighted by molar-refractivity contribution is -0.124. The highest BCUT2D eigenvalue weighted by atomic mass is 16.5. The molecule has 3 aromatic rings. The molecule has 0 radical (unpaired) electrons. The van der Waals surface area contributed by atoms with Crippen molar-refractivity contribution in [1.29, 1.82) is 5.41 Å². The van der Waals surface area contributed by atoms with Gasteiger partial charge in [0.2, 0.25) is 5.91 Å². The Kier molecular flexibility index (Phi) is 8.70. The third kappa shape index (κ3) is 6.63. The topological polar surface area (TPSA) is 126 Å². The Bertz CT molecular complexity index is 1130. The number of nitrogens with one attached hydrogen (secondary N) is 2. The number of benzene rings is 2. The molecule has 1 aromatic heterocycles. The quantitative estimate of drug-likeness (QED) is 0.296. The number of para-hydroxylation sites is 1. The number of nitrogens with zero attached hydrogens (tertiary/aromatic N) is 3. The van der Waals surface area contributed by atoms with Crippen molar-refractivity contribution in [1.82, 2.24) is 14.9 Å². The van der Waals surface area contributed by atoms with Gasteiger partial charge in [-0.3, -0.25) is 10.2 Å². The van der Waals surface area contributed by atoms with E-state index in [1.807, 2.05) is 30.3 Å². The Labute approximate surface area is 198 Å². The summed E-state index contributed by atoms with van der Waals surface area (Å²) in [5, 5.41) is 11.9. The minimum absolute atomic E-state index is 0.133. The van der Waals surface area contributed by atoms with Crippen molar-refractivity contribution in [2.75, 3.05) is 44.9 Å². The number of anilines is 2. The van der Waals surface area contributed by atoms with Gasteiger partial charge in [0.1, 0.15) is 29.5 Å². The number of ether oxygens (including phenoxy) is 2. The molecule has 1 amide bonds. The van der Waals surface area contributed by atoms with Crippen LogP contribution in [0, 0.1) is 5.41 Å². The molecule has 0 fully saturated rings. The number of carbonyl (C=O) groups excluding carboxylic acids is 1. The number of rotatable bonds is 11. The lowest BCUT2D eigenvalue weighted by Gasteiger charge is -2.17. The van der Waals surface area contributed by atoms with E-state index < -0.39 is 0 Å². The van der Waals surface area contributed by atoms with Crippen molar-refractivity contribution in [3.05, 3.63) is 84.2 Å². The Morgan fingerprint density at radius 2 is 1.82 bits per heavy atom. The van der Waals surface area contributed by atoms with E-state index in [4.69, 9.17) is 20.6 Å². The van der Waals surface area contributed by atoms with Gasteiger partial charge in [-0.2, -0.15) is 0 Å². The maximum atomic E-state index is 12.1. The smallest absolute Gasteiger partial charge is 0.246 e. The van der Waals surface area contributed by atoms with Crippen LogP contribution in [-0.4, -0.2) is 60.3 Å². The molecule has 1 heterocycles. The zero-order valence-corrected chi connectivity index (χ0v) is 19.2. The summed E-state index contributed by atoms with van der Waals surface area (Å²) in [4.78, 5) is 22.0. The number of amides is 1. The Balaban J connectivity index is 1.66. The summed E-state index contributed by atoms with van der Waals surface area (Å²) in [7, 11) is 3.27. The highest BCUT2D eigenvalue weighted by Gasteiger charge is 2.16. The van der Waals surface area contributed by atoms with E-state index in [0.717, 1.165) is 5.75 Å². The number of nitrogen functional groups attached to an aromatic ring is 1. The fourth-order valence-electron chi connectivity index (χ4n) is 3.06. The molecule has 34 heavy (non-hydrogen) atoms. The monoisotopic (exact) mass is 460 g/mol. The zero-order chi connectivity index (χ0) is 24.3. The minimum atomic E-state index is -0.133. The van der Waals surface area contributed by atoms with Crippen LogP contribution in [0.1, 0.15) is 11.1 Å². The predicted octanol–water partition coefficient (Wildman–Crippen LogP) is 3.34. The highest BCUT2D eigenvalue weighted by molar-refractivity contribution is 6.16. The number of aromatic nitrogens is 2. The lowest BCUT2D eigenvalue weighted by Crippen LogP contribution is -2.30. The summed E-state index contributed by atoms with van der Waals surface area (Å²) in [5.74, 6) is 1.88. The van der Waals surface area contributed by atoms with Gasteiger partial charge in [-0.15, -0.1) is 0 Å². The van der Waals surface area contributed by atoms with Crippen LogP contribution in [0.2, 0.25) is 0 Å². The first kappa shape index (κ1) is 24.4. The van der Waals surface area contributed by atoms with Crippen molar-refractivity contribution in [2.45, 2.75) is 0 Å². The summed E-state index contributed by atoms with van der Waals surface area (Å²) in [6, 6.07) is 16.6. The summed E-state index contributed by atoms with van der Waals surface area (Å²) in [6.45, 7) is 1.22. The molecule has 0 unspecified atom stereocenters. The third-order valence-electron chi connectivity index (χ3n) is 4.89. The second kappa shape index (κ2) is 12.1. The molecule has 4 N–H and O–H groups in total. The fourth-order valence-corrected chi connectivity index (χ4v) is 3.06. The summed E-state index contributed by atoms with van der Waals surface area (Å²) in [5.41, 5.74) is 7.31. The maximum Gasteiger partial charge on any atom is 0.246 e. The fraction of sp³-hybridized carbons (Fsp3) is 0.200. The Morgan fingerprint density at radius 1 is 1.12 bits per heavy atom. The van der Waals surface area contributed by atoms with Gasteiger partial charge < -0.3 is 25.4 Å². The highest BCUT2D eigenvalue weighted by Crippen LogP contribution is 2.25. The number of methoxy groups -OCH3 is 1. The molecule has 0 atom stereocenters. The summed E-state index contributed by atoms with van der Waals surface area (Å²) in [6.07, 6.45) is 4.47. The number of hydrogen-bond acceptors (Lipinski definition) is 8. The summed E-state index contributed by atoms with van der Waals surface area (Å²) >= 11 is 0. The van der Waals surface area contributed by atoms with E-state index in [0.29, 0.717) is 42.4 Å². The minimum Gasteiger partial charge on any atom is -0.457 e. The van der Waals surface area contributed by atoms with Crippen LogP contribution in [0.5, 0.6) is 11.5 Å². The number of carbonyl (C=O) groups is 1. The predicted molar refractivity (Wildman–Crippen MR) is 132 cm³/mol. The van der Waals surface area contributed by atoms with E-state index in [-0.39, 0.29) is 17.4 Å². The van der Waals surface area contributed by atoms with Crippen LogP contribution in [0.15, 0.2) is 73.1 Å². The lowest BCUT2D eigenvalue weighted by atomic mass is 10.0. The van der Waals surface area contributed by atoms with Gasteiger partial charge in [-0.1, -0.05) is 24.3 Å². The molecule has 0 saturated carbocycles. The molecule has 0 spiro atoms. The van der Waals surface area contributed by atoms with Crippen LogP contribution in [0.4, 0.5) is 11.6 Å². The molecule has 9 nitrogen and oxygen atoms in total. The van der Waals surface area contributed by atoms with E-state index in [1.165, 1.54) is 12.4 Å². The van der Waals surface area contributed by atoms with Gasteiger partial charge in [0.15, 0.2) is 0 Å². The van der Waals surface area contributed by atoms with Crippen molar-refractivity contribution in [3.8, 4) is 11.5 Å². The second-order valence-electron chi connectivity index (χ2n) is 7.34. The SMILES string of the molecule is COCC=CC(=O)N(C)CCNc1ncnc(N)c1C(=N)c1ccc(Oc2ccccc2)cc1. The van der Waals surface area contributed by atoms with Crippen LogP contribution in [0.3, 0.4) is 0 Å². The molecular formula is C25H28N6O3. The molecule has 176 valence electrons. The molecule has 0 aliphatic rings. The maximum absolute atomic E-state index is 12.1. The molecule has 9 heteroatoms. The van der Waals surface area contributed by atoms with Crippen molar-refractivity contribution < 1.29 is 14.3 Å². The van der Waals surface area contributed by atoms with E-state index in [1.54, 1.807) is 49.4 Å². The standard InChI is InChI=1S/C25H28N6O3/c1-31(21(32)9-6-16-33-2)15-14-28-25-22(24(27)29-17-30-25)23(26)18-10-12-20(13-11-18)34-19-7-4-3-5-8-19/h3-13,17,26H,14-16H2,1-2H3,(H3,27,28,29,30). The van der Waals surface area contributed by atoms with Gasteiger partial charge in [0.25, 0.3) is 0 Å². The van der Waals surface area contributed by atoms with Crippen LogP contribution in [0.25, 0.3) is 0 Å². The van der Waals surface area contributed by atoms with Crippen LogP contribution >= 0.6 is 0 Å². The molecule has 3 rings (SSSR count).